The van der Waals surface area contributed by atoms with Crippen LogP contribution in [0.5, 0.6) is 0 Å². The maximum Gasteiger partial charge on any atom is 0.159 e. The van der Waals surface area contributed by atoms with E-state index < -0.39 is 5.41 Å². The summed E-state index contributed by atoms with van der Waals surface area (Å²) in [6.45, 7) is 0. The zero-order valence-electron chi connectivity index (χ0n) is 13.3. The van der Waals surface area contributed by atoms with Crippen molar-refractivity contribution in [3.8, 4) is 0 Å². The molecule has 0 saturated heterocycles. The molecule has 24 heavy (non-hydrogen) atoms. The van der Waals surface area contributed by atoms with Gasteiger partial charge in [0.15, 0.2) is 5.78 Å². The third-order valence-corrected chi connectivity index (χ3v) is 4.28. The van der Waals surface area contributed by atoms with Crippen molar-refractivity contribution in [3.63, 3.8) is 0 Å². The van der Waals surface area contributed by atoms with E-state index in [1.165, 1.54) is 0 Å². The standard InChI is InChI=1S/C22H18O2/c23-17-22(19-12-6-2-7-13-19,20-14-8-3-9-15-20)21(24)16-18-10-4-1-5-11-18/h1-15,17H,16H2. The first-order valence-electron chi connectivity index (χ1n) is 7.92. The van der Waals surface area contributed by atoms with Gasteiger partial charge in [-0.1, -0.05) is 91.0 Å². The molecule has 0 amide bonds. The summed E-state index contributed by atoms with van der Waals surface area (Å²) in [4.78, 5) is 25.5. The lowest BCUT2D eigenvalue weighted by molar-refractivity contribution is -0.127. The fraction of sp³-hybridized carbons (Fsp3) is 0.0909. The molecule has 0 N–H and O–H groups in total. The van der Waals surface area contributed by atoms with Crippen molar-refractivity contribution in [2.45, 2.75) is 11.8 Å². The summed E-state index contributed by atoms with van der Waals surface area (Å²) in [6, 6.07) is 28.0. The fourth-order valence-corrected chi connectivity index (χ4v) is 3.01. The van der Waals surface area contributed by atoms with Gasteiger partial charge in [-0.2, -0.15) is 0 Å². The van der Waals surface area contributed by atoms with Crippen LogP contribution in [0.15, 0.2) is 91.0 Å². The number of hydrogen-bond acceptors (Lipinski definition) is 2. The zero-order valence-corrected chi connectivity index (χ0v) is 13.3. The molecule has 0 bridgehead atoms. The van der Waals surface area contributed by atoms with E-state index in [4.69, 9.17) is 0 Å². The largest absolute Gasteiger partial charge is 0.302 e. The predicted molar refractivity (Wildman–Crippen MR) is 94.9 cm³/mol. The highest BCUT2D eigenvalue weighted by Crippen LogP contribution is 2.32. The lowest BCUT2D eigenvalue weighted by atomic mass is 9.71. The molecule has 0 aliphatic heterocycles. The van der Waals surface area contributed by atoms with Crippen molar-refractivity contribution in [3.05, 3.63) is 108 Å². The van der Waals surface area contributed by atoms with Crippen molar-refractivity contribution in [2.75, 3.05) is 0 Å². The molecule has 0 fully saturated rings. The number of rotatable bonds is 6. The van der Waals surface area contributed by atoms with E-state index in [0.717, 1.165) is 11.8 Å². The lowest BCUT2D eigenvalue weighted by Gasteiger charge is -2.28. The summed E-state index contributed by atoms with van der Waals surface area (Å²) in [7, 11) is 0. The van der Waals surface area contributed by atoms with Gasteiger partial charge in [0.05, 0.1) is 0 Å². The van der Waals surface area contributed by atoms with E-state index in [1.807, 2.05) is 91.0 Å². The second kappa shape index (κ2) is 7.05. The van der Waals surface area contributed by atoms with Gasteiger partial charge in [0.25, 0.3) is 0 Å². The second-order valence-electron chi connectivity index (χ2n) is 5.74. The molecule has 3 aromatic carbocycles. The topological polar surface area (TPSA) is 34.1 Å². The Balaban J connectivity index is 2.11. The maximum absolute atomic E-state index is 13.2. The van der Waals surface area contributed by atoms with Gasteiger partial charge in [-0.15, -0.1) is 0 Å². The van der Waals surface area contributed by atoms with Crippen LogP contribution < -0.4 is 0 Å². The Morgan fingerprint density at radius 2 is 1.12 bits per heavy atom. The minimum absolute atomic E-state index is 0.124. The lowest BCUT2D eigenvalue weighted by Crippen LogP contribution is -2.40. The average molecular weight is 314 g/mol. The molecule has 2 nitrogen and oxygen atoms in total. The van der Waals surface area contributed by atoms with Gasteiger partial charge >= 0.3 is 0 Å². The molecule has 2 heteroatoms. The Kier molecular flexibility index (Phi) is 4.66. The fourth-order valence-electron chi connectivity index (χ4n) is 3.01. The monoisotopic (exact) mass is 314 g/mol. The van der Waals surface area contributed by atoms with E-state index in [2.05, 4.69) is 0 Å². The molecule has 0 aromatic heterocycles. The highest BCUT2D eigenvalue weighted by atomic mass is 16.1. The van der Waals surface area contributed by atoms with E-state index in [-0.39, 0.29) is 12.2 Å². The summed E-state index contributed by atoms with van der Waals surface area (Å²) in [5.74, 6) is -0.124. The summed E-state index contributed by atoms with van der Waals surface area (Å²) in [5, 5.41) is 0. The van der Waals surface area contributed by atoms with Gasteiger partial charge in [-0.3, -0.25) is 4.79 Å². The third-order valence-electron chi connectivity index (χ3n) is 4.28. The van der Waals surface area contributed by atoms with Gasteiger partial charge in [0.1, 0.15) is 11.7 Å². The van der Waals surface area contributed by atoms with E-state index >= 15 is 0 Å². The predicted octanol–water partition coefficient (Wildman–Crippen LogP) is 3.98. The Morgan fingerprint density at radius 3 is 1.54 bits per heavy atom. The van der Waals surface area contributed by atoms with E-state index in [0.29, 0.717) is 11.1 Å². The minimum atomic E-state index is -1.28. The van der Waals surface area contributed by atoms with Crippen molar-refractivity contribution < 1.29 is 9.59 Å². The molecular formula is C22H18O2. The quantitative estimate of drug-likeness (QED) is 0.509. The average Bonchev–Trinajstić information content (AvgIpc) is 2.65. The Hall–Kier alpha value is -3.00. The molecule has 3 aromatic rings. The minimum Gasteiger partial charge on any atom is -0.302 e. The molecule has 0 saturated carbocycles. The number of hydrogen-bond donors (Lipinski definition) is 0. The molecule has 3 rings (SSSR count). The summed E-state index contributed by atoms with van der Waals surface area (Å²) >= 11 is 0. The molecule has 0 aliphatic carbocycles. The maximum atomic E-state index is 13.2. The molecule has 0 aliphatic rings. The molecule has 0 radical (unpaired) electrons. The SMILES string of the molecule is O=CC(C(=O)Cc1ccccc1)(c1ccccc1)c1ccccc1. The van der Waals surface area contributed by atoms with Crippen molar-refractivity contribution >= 4 is 12.1 Å². The molecule has 0 atom stereocenters. The highest BCUT2D eigenvalue weighted by Gasteiger charge is 2.41. The summed E-state index contributed by atoms with van der Waals surface area (Å²) in [5.41, 5.74) is 1.03. The number of benzene rings is 3. The Morgan fingerprint density at radius 1 is 0.708 bits per heavy atom. The van der Waals surface area contributed by atoms with Gasteiger partial charge in [-0.05, 0) is 16.7 Å². The number of ketones is 1. The van der Waals surface area contributed by atoms with Crippen LogP contribution in [0.25, 0.3) is 0 Å². The second-order valence-corrected chi connectivity index (χ2v) is 5.74. The molecule has 0 unspecified atom stereocenters. The van der Waals surface area contributed by atoms with Crippen LogP contribution in [0.1, 0.15) is 16.7 Å². The molecular weight excluding hydrogens is 296 g/mol. The van der Waals surface area contributed by atoms with Crippen molar-refractivity contribution in [1.82, 2.24) is 0 Å². The van der Waals surface area contributed by atoms with Crippen LogP contribution in [-0.4, -0.2) is 12.1 Å². The number of Topliss-reactive ketones (excluding diaryl/α,β-unsaturated/α-hetero) is 1. The van der Waals surface area contributed by atoms with Gasteiger partial charge in [0.2, 0.25) is 0 Å². The van der Waals surface area contributed by atoms with Gasteiger partial charge in [0, 0.05) is 6.42 Å². The van der Waals surface area contributed by atoms with Gasteiger partial charge < -0.3 is 4.79 Å². The third kappa shape index (κ3) is 2.91. The van der Waals surface area contributed by atoms with Crippen molar-refractivity contribution in [1.29, 1.82) is 0 Å². The highest BCUT2D eigenvalue weighted by molar-refractivity contribution is 6.08. The van der Waals surface area contributed by atoms with E-state index in [9.17, 15) is 9.59 Å². The van der Waals surface area contributed by atoms with Crippen LogP contribution in [-0.2, 0) is 21.4 Å². The number of carbonyl (C=O) groups excluding carboxylic acids is 2. The van der Waals surface area contributed by atoms with Crippen LogP contribution in [0.3, 0.4) is 0 Å². The summed E-state index contributed by atoms with van der Waals surface area (Å²) in [6.07, 6.45) is 0.992. The molecule has 118 valence electrons. The van der Waals surface area contributed by atoms with Crippen LogP contribution in [0.2, 0.25) is 0 Å². The number of aldehydes is 1. The first-order chi connectivity index (χ1) is 11.8. The van der Waals surface area contributed by atoms with Gasteiger partial charge in [-0.25, -0.2) is 0 Å². The summed E-state index contributed by atoms with van der Waals surface area (Å²) < 4.78 is 0. The first kappa shape index (κ1) is 15.9. The Labute approximate surface area is 141 Å². The molecule has 0 heterocycles. The van der Waals surface area contributed by atoms with Crippen LogP contribution in [0, 0.1) is 0 Å². The Bertz CT molecular complexity index is 769. The first-order valence-corrected chi connectivity index (χ1v) is 7.92. The number of carbonyl (C=O) groups is 2. The van der Waals surface area contributed by atoms with E-state index in [1.54, 1.807) is 0 Å². The normalized spacial score (nSPS) is 11.0. The molecule has 0 spiro atoms. The van der Waals surface area contributed by atoms with Crippen molar-refractivity contribution in [2.24, 2.45) is 0 Å². The van der Waals surface area contributed by atoms with Crippen LogP contribution in [0.4, 0.5) is 0 Å². The smallest absolute Gasteiger partial charge is 0.159 e. The van der Waals surface area contributed by atoms with Crippen LogP contribution >= 0.6 is 0 Å². The zero-order chi connectivity index (χ0) is 16.8.